The zero-order valence-electron chi connectivity index (χ0n) is 11.0. The molecule has 0 aromatic carbocycles. The van der Waals surface area contributed by atoms with Gasteiger partial charge in [-0.15, -0.1) is 0 Å². The molecule has 1 aromatic heterocycles. The summed E-state index contributed by atoms with van der Waals surface area (Å²) in [6.45, 7) is 4.45. The minimum Gasteiger partial charge on any atom is -0.320 e. The smallest absolute Gasteiger partial charge is 0.300 e. The van der Waals surface area contributed by atoms with Crippen LogP contribution in [0, 0.1) is 17.8 Å². The first-order valence-corrected chi connectivity index (χ1v) is 7.33. The van der Waals surface area contributed by atoms with Crippen LogP contribution in [0.4, 0.5) is 5.82 Å². The molecule has 0 saturated carbocycles. The van der Waals surface area contributed by atoms with Crippen molar-refractivity contribution in [2.24, 2.45) is 11.7 Å². The van der Waals surface area contributed by atoms with Crippen molar-refractivity contribution in [3.63, 3.8) is 0 Å². The van der Waals surface area contributed by atoms with Crippen molar-refractivity contribution in [1.82, 2.24) is 9.71 Å². The molecular weight excluding hydrogens is 264 g/mol. The molecule has 0 atom stereocenters. The van der Waals surface area contributed by atoms with Crippen molar-refractivity contribution in [3.05, 3.63) is 23.9 Å². The maximum Gasteiger partial charge on any atom is 0.300 e. The molecule has 0 unspecified atom stereocenters. The number of rotatable bonds is 5. The number of nitrogens with two attached hydrogens (primary N) is 1. The number of pyridine rings is 1. The molecule has 0 bridgehead atoms. The van der Waals surface area contributed by atoms with Gasteiger partial charge in [0.1, 0.15) is 5.82 Å². The summed E-state index contributed by atoms with van der Waals surface area (Å²) in [6.07, 6.45) is 1.49. The van der Waals surface area contributed by atoms with Crippen molar-refractivity contribution in [3.8, 4) is 11.8 Å². The Labute approximate surface area is 114 Å². The number of aromatic nitrogens is 1. The van der Waals surface area contributed by atoms with Crippen LogP contribution >= 0.6 is 0 Å². The third kappa shape index (κ3) is 6.20. The van der Waals surface area contributed by atoms with E-state index in [-0.39, 0.29) is 18.3 Å². The number of hydrogen-bond donors (Lipinski definition) is 3. The van der Waals surface area contributed by atoms with Crippen LogP contribution < -0.4 is 15.2 Å². The van der Waals surface area contributed by atoms with Crippen molar-refractivity contribution >= 4 is 16.0 Å². The summed E-state index contributed by atoms with van der Waals surface area (Å²) in [5, 5.41) is 0. The summed E-state index contributed by atoms with van der Waals surface area (Å²) in [5.41, 5.74) is 5.93. The molecule has 1 heterocycles. The van der Waals surface area contributed by atoms with E-state index in [1.165, 1.54) is 6.20 Å². The largest absolute Gasteiger partial charge is 0.320 e. The molecule has 7 heteroatoms. The second-order valence-electron chi connectivity index (χ2n) is 4.28. The second-order valence-corrected chi connectivity index (χ2v) is 5.78. The molecule has 0 aliphatic rings. The Balaban J connectivity index is 2.76. The van der Waals surface area contributed by atoms with E-state index in [0.717, 1.165) is 0 Å². The molecule has 4 N–H and O–H groups in total. The molecular formula is C12H18N4O2S. The molecule has 0 aliphatic carbocycles. The van der Waals surface area contributed by atoms with Gasteiger partial charge in [-0.2, -0.15) is 13.1 Å². The van der Waals surface area contributed by atoms with Gasteiger partial charge in [0, 0.05) is 18.3 Å². The van der Waals surface area contributed by atoms with Gasteiger partial charge in [-0.25, -0.2) is 4.98 Å². The number of hydrogen-bond acceptors (Lipinski definition) is 4. The van der Waals surface area contributed by atoms with Gasteiger partial charge in [0.25, 0.3) is 10.2 Å². The average molecular weight is 282 g/mol. The van der Waals surface area contributed by atoms with E-state index in [2.05, 4.69) is 26.3 Å². The van der Waals surface area contributed by atoms with Crippen LogP contribution in [-0.4, -0.2) is 26.5 Å². The molecule has 1 rings (SSSR count). The summed E-state index contributed by atoms with van der Waals surface area (Å²) >= 11 is 0. The van der Waals surface area contributed by atoms with Crippen LogP contribution in [-0.2, 0) is 10.2 Å². The molecule has 0 spiro atoms. The standard InChI is InChI=1S/C12H18N4O2S/c1-10(2)9-15-19(17,18)16-12-8-11(4-3-6-13)5-7-14-12/h5,7-8,10,15H,6,9,13H2,1-2H3,(H,14,16). The summed E-state index contributed by atoms with van der Waals surface area (Å²) in [5.74, 6) is 5.95. The average Bonchev–Trinajstić information content (AvgIpc) is 2.34. The lowest BCUT2D eigenvalue weighted by molar-refractivity contribution is 0.564. The predicted molar refractivity (Wildman–Crippen MR) is 75.6 cm³/mol. The molecule has 0 amide bonds. The van der Waals surface area contributed by atoms with Crippen LogP contribution in [0.2, 0.25) is 0 Å². The molecule has 0 aliphatic heterocycles. The monoisotopic (exact) mass is 282 g/mol. The first-order chi connectivity index (χ1) is 8.93. The quantitative estimate of drug-likeness (QED) is 0.676. The summed E-state index contributed by atoms with van der Waals surface area (Å²) in [7, 11) is -3.60. The molecule has 19 heavy (non-hydrogen) atoms. The lowest BCUT2D eigenvalue weighted by Crippen LogP contribution is -2.33. The Hall–Kier alpha value is -1.62. The van der Waals surface area contributed by atoms with E-state index in [4.69, 9.17) is 5.73 Å². The van der Waals surface area contributed by atoms with E-state index in [0.29, 0.717) is 12.1 Å². The van der Waals surface area contributed by atoms with Gasteiger partial charge in [-0.05, 0) is 18.1 Å². The SMILES string of the molecule is CC(C)CNS(=O)(=O)Nc1cc(C#CCN)ccn1. The maximum absolute atomic E-state index is 11.7. The first-order valence-electron chi connectivity index (χ1n) is 5.85. The van der Waals surface area contributed by atoms with Crippen LogP contribution in [0.5, 0.6) is 0 Å². The lowest BCUT2D eigenvalue weighted by Gasteiger charge is -2.10. The Kier molecular flexibility index (Phi) is 5.76. The van der Waals surface area contributed by atoms with E-state index in [1.807, 2.05) is 13.8 Å². The number of nitrogens with zero attached hydrogens (tertiary/aromatic N) is 1. The highest BCUT2D eigenvalue weighted by Crippen LogP contribution is 2.07. The van der Waals surface area contributed by atoms with Crippen molar-refractivity contribution in [2.75, 3.05) is 17.8 Å². The number of nitrogens with one attached hydrogen (secondary N) is 2. The Morgan fingerprint density at radius 3 is 2.84 bits per heavy atom. The number of anilines is 1. The highest BCUT2D eigenvalue weighted by atomic mass is 32.2. The van der Waals surface area contributed by atoms with E-state index in [1.54, 1.807) is 12.1 Å². The minimum absolute atomic E-state index is 0.222. The Morgan fingerprint density at radius 1 is 1.47 bits per heavy atom. The summed E-state index contributed by atoms with van der Waals surface area (Å²) in [4.78, 5) is 3.93. The molecule has 0 saturated heterocycles. The first kappa shape index (κ1) is 15.4. The molecule has 104 valence electrons. The highest BCUT2D eigenvalue weighted by molar-refractivity contribution is 7.90. The van der Waals surface area contributed by atoms with Gasteiger partial charge in [-0.1, -0.05) is 25.7 Å². The fourth-order valence-corrected chi connectivity index (χ4v) is 2.18. The van der Waals surface area contributed by atoms with E-state index < -0.39 is 10.2 Å². The summed E-state index contributed by atoms with van der Waals surface area (Å²) in [6, 6.07) is 3.24. The predicted octanol–water partition coefficient (Wildman–Crippen LogP) is 0.294. The van der Waals surface area contributed by atoms with Gasteiger partial charge in [0.05, 0.1) is 6.54 Å². The van der Waals surface area contributed by atoms with Gasteiger partial charge < -0.3 is 5.73 Å². The van der Waals surface area contributed by atoms with Crippen molar-refractivity contribution < 1.29 is 8.42 Å². The normalized spacial score (nSPS) is 10.9. The summed E-state index contributed by atoms with van der Waals surface area (Å²) < 4.78 is 28.2. The fourth-order valence-electron chi connectivity index (χ4n) is 1.17. The minimum atomic E-state index is -3.60. The van der Waals surface area contributed by atoms with Crippen LogP contribution in [0.25, 0.3) is 0 Å². The van der Waals surface area contributed by atoms with Gasteiger partial charge >= 0.3 is 0 Å². The zero-order valence-corrected chi connectivity index (χ0v) is 11.8. The van der Waals surface area contributed by atoms with Crippen molar-refractivity contribution in [1.29, 1.82) is 0 Å². The highest BCUT2D eigenvalue weighted by Gasteiger charge is 2.10. The second kappa shape index (κ2) is 7.09. The van der Waals surface area contributed by atoms with Crippen LogP contribution in [0.15, 0.2) is 18.3 Å². The van der Waals surface area contributed by atoms with Gasteiger partial charge in [0.2, 0.25) is 0 Å². The van der Waals surface area contributed by atoms with Crippen molar-refractivity contribution in [2.45, 2.75) is 13.8 Å². The van der Waals surface area contributed by atoms with Gasteiger partial charge in [0.15, 0.2) is 0 Å². The third-order valence-electron chi connectivity index (χ3n) is 2.02. The Bertz CT molecular complexity index is 573. The molecule has 0 fully saturated rings. The van der Waals surface area contributed by atoms with E-state index in [9.17, 15) is 8.42 Å². The molecule has 1 aromatic rings. The van der Waals surface area contributed by atoms with Crippen LogP contribution in [0.3, 0.4) is 0 Å². The maximum atomic E-state index is 11.7. The zero-order chi connectivity index (χ0) is 14.3. The molecule has 0 radical (unpaired) electrons. The molecule has 6 nitrogen and oxygen atoms in total. The van der Waals surface area contributed by atoms with Crippen LogP contribution in [0.1, 0.15) is 19.4 Å². The third-order valence-corrected chi connectivity index (χ3v) is 3.04. The fraction of sp³-hybridized carbons (Fsp3) is 0.417. The topological polar surface area (TPSA) is 97.1 Å². The van der Waals surface area contributed by atoms with E-state index >= 15 is 0 Å². The lowest BCUT2D eigenvalue weighted by atomic mass is 10.2. The van der Waals surface area contributed by atoms with Gasteiger partial charge in [-0.3, -0.25) is 4.72 Å². The Morgan fingerprint density at radius 2 is 2.21 bits per heavy atom.